The van der Waals surface area contributed by atoms with E-state index in [9.17, 15) is 14.7 Å². The summed E-state index contributed by atoms with van der Waals surface area (Å²) in [6, 6.07) is 11.9. The number of aromatic carboxylic acids is 1. The highest BCUT2D eigenvalue weighted by atomic mass is 35.5. The van der Waals surface area contributed by atoms with Crippen LogP contribution < -0.4 is 11.2 Å². The summed E-state index contributed by atoms with van der Waals surface area (Å²) in [5.74, 6) is -1.61. The fraction of sp³-hybridized carbons (Fsp3) is 0.154. The van der Waals surface area contributed by atoms with Gasteiger partial charge in [0, 0.05) is 17.8 Å². The van der Waals surface area contributed by atoms with Crippen LogP contribution in [0.1, 0.15) is 43.8 Å². The molecule has 0 radical (unpaired) electrons. The molecule has 0 saturated heterocycles. The number of carboxylic acids is 1. The number of thiophene rings is 2. The second-order valence-corrected chi connectivity index (χ2v) is 10.6. The number of benzene rings is 1. The van der Waals surface area contributed by atoms with Crippen molar-refractivity contribution >= 4 is 63.5 Å². The van der Waals surface area contributed by atoms with Gasteiger partial charge in [0.2, 0.25) is 0 Å². The highest BCUT2D eigenvalue weighted by molar-refractivity contribution is 7.15. The number of pyridine rings is 1. The van der Waals surface area contributed by atoms with Crippen LogP contribution in [0.25, 0.3) is 10.4 Å². The Hall–Kier alpha value is -3.28. The third kappa shape index (κ3) is 7.86. The largest absolute Gasteiger partial charge is 0.506 e. The van der Waals surface area contributed by atoms with E-state index in [2.05, 4.69) is 15.5 Å². The maximum Gasteiger partial charge on any atom is 0.345 e. The van der Waals surface area contributed by atoms with E-state index in [1.54, 1.807) is 30.5 Å². The lowest BCUT2D eigenvalue weighted by Gasteiger charge is -2.04. The first-order valence-corrected chi connectivity index (χ1v) is 13.7. The smallest absolute Gasteiger partial charge is 0.345 e. The average Bonchev–Trinajstić information content (AvgIpc) is 3.56. The third-order valence-electron chi connectivity index (χ3n) is 5.12. The van der Waals surface area contributed by atoms with Gasteiger partial charge in [0.15, 0.2) is 0 Å². The minimum Gasteiger partial charge on any atom is -0.506 e. The van der Waals surface area contributed by atoms with E-state index in [0.717, 1.165) is 30.7 Å². The first-order chi connectivity index (χ1) is 18.2. The second-order valence-electron chi connectivity index (χ2n) is 7.81. The summed E-state index contributed by atoms with van der Waals surface area (Å²) in [6.07, 6.45) is 5.75. The van der Waals surface area contributed by atoms with Gasteiger partial charge in [0.1, 0.15) is 10.6 Å². The lowest BCUT2D eigenvalue weighted by molar-refractivity contribution is 0.0702. The number of carbonyl (C=O) groups is 2. The lowest BCUT2D eigenvalue weighted by Crippen LogP contribution is -2.18. The van der Waals surface area contributed by atoms with Crippen LogP contribution in [0.5, 0.6) is 5.75 Å². The number of halogens is 2. The molecule has 8 nitrogen and oxygen atoms in total. The van der Waals surface area contributed by atoms with Crippen molar-refractivity contribution in [2.75, 3.05) is 6.54 Å². The molecule has 0 unspecified atom stereocenters. The molecule has 1 aromatic carbocycles. The quantitative estimate of drug-likeness (QED) is 0.140. The van der Waals surface area contributed by atoms with E-state index in [4.69, 9.17) is 34.0 Å². The summed E-state index contributed by atoms with van der Waals surface area (Å²) in [7, 11) is 0. The maximum absolute atomic E-state index is 12.1. The van der Waals surface area contributed by atoms with Gasteiger partial charge in [-0.05, 0) is 73.8 Å². The van der Waals surface area contributed by atoms with Crippen molar-refractivity contribution < 1.29 is 19.8 Å². The number of amides is 1. The van der Waals surface area contributed by atoms with Crippen molar-refractivity contribution in [3.8, 4) is 16.2 Å². The van der Waals surface area contributed by atoms with Gasteiger partial charge in [-0.1, -0.05) is 29.3 Å². The molecule has 0 saturated carbocycles. The number of hydrogen-bond acceptors (Lipinski definition) is 8. The van der Waals surface area contributed by atoms with E-state index < -0.39 is 11.9 Å². The van der Waals surface area contributed by atoms with Crippen LogP contribution in [0.3, 0.4) is 0 Å². The summed E-state index contributed by atoms with van der Waals surface area (Å²) in [6.45, 7) is 2.40. The summed E-state index contributed by atoms with van der Waals surface area (Å²) < 4.78 is 0. The molecule has 4 rings (SSSR count). The number of carbonyl (C=O) groups excluding carboxylic acids is 1. The Morgan fingerprint density at radius 1 is 1.08 bits per heavy atom. The summed E-state index contributed by atoms with van der Waals surface area (Å²) in [4.78, 5) is 27.8. The minimum absolute atomic E-state index is 0.0168. The molecule has 0 aliphatic heterocycles. The summed E-state index contributed by atoms with van der Waals surface area (Å²) >= 11 is 14.1. The fourth-order valence-electron chi connectivity index (χ4n) is 3.13. The van der Waals surface area contributed by atoms with Gasteiger partial charge in [0.25, 0.3) is 5.91 Å². The number of carboxylic acid groups (broad SMARTS) is 1. The van der Waals surface area contributed by atoms with Gasteiger partial charge >= 0.3 is 5.97 Å². The maximum atomic E-state index is 12.1. The highest BCUT2D eigenvalue weighted by Gasteiger charge is 2.17. The van der Waals surface area contributed by atoms with Crippen molar-refractivity contribution in [2.45, 2.75) is 19.8 Å². The number of hydrogen-bond donors (Lipinski definition) is 4. The van der Waals surface area contributed by atoms with E-state index in [1.807, 2.05) is 24.5 Å². The Kier molecular flexibility index (Phi) is 10.8. The number of nitrogens with two attached hydrogens (primary N) is 1. The SMILES string of the molecule is CC(=NNC(=O)c1ccc(C(=O)O)s1)c1csc(-c2ccc(Cl)c(Cl)c2)c1O.NCCCc1ccncc1. The van der Waals surface area contributed by atoms with Gasteiger partial charge in [-0.3, -0.25) is 9.78 Å². The van der Waals surface area contributed by atoms with Gasteiger partial charge < -0.3 is 15.9 Å². The van der Waals surface area contributed by atoms with E-state index >= 15 is 0 Å². The molecule has 0 atom stereocenters. The number of nitrogens with zero attached hydrogens (tertiary/aromatic N) is 2. The van der Waals surface area contributed by atoms with Crippen molar-refractivity contribution in [3.63, 3.8) is 0 Å². The Balaban J connectivity index is 0.000000336. The second kappa shape index (κ2) is 14.0. The molecule has 198 valence electrons. The minimum atomic E-state index is -1.10. The molecule has 38 heavy (non-hydrogen) atoms. The van der Waals surface area contributed by atoms with Gasteiger partial charge in [-0.25, -0.2) is 10.2 Å². The molecule has 12 heteroatoms. The van der Waals surface area contributed by atoms with Crippen LogP contribution in [0, 0.1) is 0 Å². The first kappa shape index (κ1) is 29.3. The monoisotopic (exact) mass is 590 g/mol. The third-order valence-corrected chi connectivity index (χ3v) is 7.95. The highest BCUT2D eigenvalue weighted by Crippen LogP contribution is 2.40. The average molecular weight is 592 g/mol. The zero-order chi connectivity index (χ0) is 27.7. The van der Waals surface area contributed by atoms with Crippen molar-refractivity contribution in [3.05, 3.63) is 91.2 Å². The van der Waals surface area contributed by atoms with Gasteiger partial charge in [0.05, 0.1) is 31.1 Å². The van der Waals surface area contributed by atoms with Crippen molar-refractivity contribution in [1.82, 2.24) is 10.4 Å². The molecular weight excluding hydrogens is 567 g/mol. The zero-order valence-corrected chi connectivity index (χ0v) is 23.3. The molecule has 4 aromatic rings. The molecule has 0 aliphatic carbocycles. The molecule has 5 N–H and O–H groups in total. The Morgan fingerprint density at radius 3 is 2.42 bits per heavy atom. The number of aryl methyl sites for hydroxylation is 1. The van der Waals surface area contributed by atoms with Crippen LogP contribution in [0.4, 0.5) is 0 Å². The molecule has 0 spiro atoms. The molecule has 3 aromatic heterocycles. The van der Waals surface area contributed by atoms with Crippen molar-refractivity contribution in [1.29, 1.82) is 0 Å². The molecule has 3 heterocycles. The van der Waals surface area contributed by atoms with E-state index in [0.29, 0.717) is 31.8 Å². The number of aromatic hydroxyl groups is 1. The first-order valence-electron chi connectivity index (χ1n) is 11.2. The number of hydrazone groups is 1. The van der Waals surface area contributed by atoms with E-state index in [1.165, 1.54) is 29.0 Å². The topological polar surface area (TPSA) is 138 Å². The number of nitrogens with one attached hydrogen (secondary N) is 1. The van der Waals surface area contributed by atoms with Gasteiger partial charge in [-0.2, -0.15) is 5.10 Å². The number of rotatable bonds is 8. The van der Waals surface area contributed by atoms with Crippen LogP contribution in [-0.2, 0) is 6.42 Å². The van der Waals surface area contributed by atoms with Crippen LogP contribution in [0.15, 0.2) is 65.3 Å². The molecule has 0 fully saturated rings. The standard InChI is InChI=1S/C18H12Cl2N2O4S2.C8H12N2/c1-8(21-22-17(24)13-4-5-14(28-13)18(25)26)10-7-27-16(15(10)23)9-2-3-11(19)12(20)6-9;9-5-1-2-8-3-6-10-7-4-8/h2-7,23H,1H3,(H,22,24)(H,25,26);3-4,6-7H,1-2,5,9H2. The summed E-state index contributed by atoms with van der Waals surface area (Å²) in [5.41, 5.74) is 10.6. The summed E-state index contributed by atoms with van der Waals surface area (Å²) in [5, 5.41) is 26.0. The molecule has 1 amide bonds. The predicted molar refractivity (Wildman–Crippen MR) is 154 cm³/mol. The molecule has 0 aliphatic rings. The Labute approximate surface area is 237 Å². The van der Waals surface area contributed by atoms with Crippen LogP contribution in [-0.4, -0.2) is 39.3 Å². The predicted octanol–water partition coefficient (Wildman–Crippen LogP) is 6.31. The van der Waals surface area contributed by atoms with Crippen LogP contribution in [0.2, 0.25) is 10.0 Å². The zero-order valence-electron chi connectivity index (χ0n) is 20.1. The van der Waals surface area contributed by atoms with Crippen LogP contribution >= 0.6 is 45.9 Å². The fourth-order valence-corrected chi connectivity index (χ4v) is 5.17. The number of aromatic nitrogens is 1. The normalized spacial score (nSPS) is 11.0. The lowest BCUT2D eigenvalue weighted by atomic mass is 10.1. The Morgan fingerprint density at radius 2 is 1.79 bits per heavy atom. The Bertz CT molecular complexity index is 1440. The molecule has 0 bridgehead atoms. The molecular formula is C26H24Cl2N4O4S2. The van der Waals surface area contributed by atoms with Crippen molar-refractivity contribution in [2.24, 2.45) is 10.8 Å². The van der Waals surface area contributed by atoms with E-state index in [-0.39, 0.29) is 15.5 Å². The van der Waals surface area contributed by atoms with Gasteiger partial charge in [-0.15, -0.1) is 22.7 Å².